The molecule has 1 aromatic rings. The van der Waals surface area contributed by atoms with Gasteiger partial charge in [0, 0.05) is 12.5 Å². The highest BCUT2D eigenvalue weighted by atomic mass is 16.3. The number of likely N-dealkylation sites (N-methyl/N-ethyl adjacent to an activating group) is 1. The van der Waals surface area contributed by atoms with Crippen LogP contribution in [-0.4, -0.2) is 24.3 Å². The number of hydrogen-bond acceptors (Lipinski definition) is 2. The summed E-state index contributed by atoms with van der Waals surface area (Å²) in [5, 5.41) is 12.9. The van der Waals surface area contributed by atoms with Crippen molar-refractivity contribution in [3.05, 3.63) is 35.4 Å². The maximum atomic E-state index is 9.75. The number of aliphatic hydroxyl groups excluding tert-OH is 1. The van der Waals surface area contributed by atoms with Gasteiger partial charge in [-0.1, -0.05) is 24.3 Å². The highest BCUT2D eigenvalue weighted by Gasteiger charge is 2.24. The molecule has 0 aliphatic heterocycles. The van der Waals surface area contributed by atoms with Gasteiger partial charge in [0.25, 0.3) is 0 Å². The first-order valence-electron chi connectivity index (χ1n) is 4.73. The summed E-state index contributed by atoms with van der Waals surface area (Å²) in [6.07, 6.45) is 1.48. The van der Waals surface area contributed by atoms with Gasteiger partial charge in [-0.15, -0.1) is 0 Å². The Kier molecular flexibility index (Phi) is 2.34. The number of nitrogens with one attached hydrogen (secondary N) is 1. The zero-order chi connectivity index (χ0) is 9.26. The first kappa shape index (κ1) is 8.73. The molecule has 2 nitrogen and oxygen atoms in total. The average molecular weight is 177 g/mol. The van der Waals surface area contributed by atoms with Crippen molar-refractivity contribution >= 4 is 0 Å². The quantitative estimate of drug-likeness (QED) is 0.663. The lowest BCUT2D eigenvalue weighted by Gasteiger charge is -2.29. The molecule has 1 aliphatic carbocycles. The smallest absolute Gasteiger partial charge is 0.0736 e. The van der Waals surface area contributed by atoms with E-state index in [1.54, 1.807) is 0 Å². The first-order valence-corrected chi connectivity index (χ1v) is 4.73. The second-order valence-electron chi connectivity index (χ2n) is 3.64. The Hall–Kier alpha value is -0.860. The number of aliphatic hydroxyl groups is 1. The number of benzene rings is 1. The van der Waals surface area contributed by atoms with E-state index in [1.165, 1.54) is 11.1 Å². The Morgan fingerprint density at radius 1 is 1.23 bits per heavy atom. The van der Waals surface area contributed by atoms with E-state index < -0.39 is 0 Å². The second-order valence-corrected chi connectivity index (χ2v) is 3.64. The summed E-state index contributed by atoms with van der Waals surface area (Å²) in [6.45, 7) is 0. The lowest BCUT2D eigenvalue weighted by molar-refractivity contribution is 0.123. The van der Waals surface area contributed by atoms with E-state index in [0.29, 0.717) is 0 Å². The van der Waals surface area contributed by atoms with Crippen molar-refractivity contribution in [2.45, 2.75) is 25.0 Å². The molecular weight excluding hydrogens is 162 g/mol. The van der Waals surface area contributed by atoms with Gasteiger partial charge < -0.3 is 10.4 Å². The van der Waals surface area contributed by atoms with Gasteiger partial charge in [0.05, 0.1) is 6.10 Å². The minimum Gasteiger partial charge on any atom is -0.391 e. The van der Waals surface area contributed by atoms with Gasteiger partial charge in [-0.25, -0.2) is 0 Å². The molecule has 2 heteroatoms. The van der Waals surface area contributed by atoms with Gasteiger partial charge in [-0.05, 0) is 24.6 Å². The van der Waals surface area contributed by atoms with Gasteiger partial charge in [0.1, 0.15) is 0 Å². The van der Waals surface area contributed by atoms with Gasteiger partial charge in [-0.2, -0.15) is 0 Å². The molecule has 0 saturated heterocycles. The van der Waals surface area contributed by atoms with Crippen LogP contribution >= 0.6 is 0 Å². The fraction of sp³-hybridized carbons (Fsp3) is 0.455. The largest absolute Gasteiger partial charge is 0.391 e. The number of fused-ring (bicyclic) bond motifs is 1. The summed E-state index contributed by atoms with van der Waals surface area (Å²) in [4.78, 5) is 0. The molecule has 0 aromatic heterocycles. The molecule has 1 aliphatic rings. The zero-order valence-corrected chi connectivity index (χ0v) is 7.83. The lowest BCUT2D eigenvalue weighted by atomic mass is 9.86. The topological polar surface area (TPSA) is 32.3 Å². The van der Waals surface area contributed by atoms with Crippen LogP contribution in [0.2, 0.25) is 0 Å². The molecule has 0 unspecified atom stereocenters. The molecule has 2 rings (SSSR count). The summed E-state index contributed by atoms with van der Waals surface area (Å²) >= 11 is 0. The molecule has 2 atom stereocenters. The zero-order valence-electron chi connectivity index (χ0n) is 7.83. The van der Waals surface area contributed by atoms with E-state index in [4.69, 9.17) is 0 Å². The average Bonchev–Trinajstić information content (AvgIpc) is 2.17. The molecule has 70 valence electrons. The van der Waals surface area contributed by atoms with Gasteiger partial charge in [0.15, 0.2) is 0 Å². The molecule has 0 bridgehead atoms. The van der Waals surface area contributed by atoms with Crippen molar-refractivity contribution < 1.29 is 5.11 Å². The van der Waals surface area contributed by atoms with Crippen LogP contribution in [0.3, 0.4) is 0 Å². The van der Waals surface area contributed by atoms with Gasteiger partial charge >= 0.3 is 0 Å². The monoisotopic (exact) mass is 177 g/mol. The normalized spacial score (nSPS) is 26.9. The minimum atomic E-state index is -0.236. The van der Waals surface area contributed by atoms with Crippen molar-refractivity contribution in [2.24, 2.45) is 0 Å². The number of hydrogen-bond donors (Lipinski definition) is 2. The third-order valence-corrected chi connectivity index (χ3v) is 2.82. The molecule has 0 fully saturated rings. The van der Waals surface area contributed by atoms with E-state index in [9.17, 15) is 5.11 Å². The Labute approximate surface area is 78.6 Å². The van der Waals surface area contributed by atoms with Crippen LogP contribution in [0.25, 0.3) is 0 Å². The Balaban J connectivity index is 2.27. The molecule has 1 aromatic carbocycles. The third kappa shape index (κ3) is 1.60. The van der Waals surface area contributed by atoms with Crippen LogP contribution in [-0.2, 0) is 12.8 Å². The highest BCUT2D eigenvalue weighted by Crippen LogP contribution is 2.21. The summed E-state index contributed by atoms with van der Waals surface area (Å²) in [5.41, 5.74) is 2.66. The van der Waals surface area contributed by atoms with Gasteiger partial charge in [-0.3, -0.25) is 0 Å². The predicted molar refractivity (Wildman–Crippen MR) is 52.7 cm³/mol. The van der Waals surface area contributed by atoms with E-state index in [-0.39, 0.29) is 12.1 Å². The van der Waals surface area contributed by atoms with Crippen molar-refractivity contribution in [3.63, 3.8) is 0 Å². The molecule has 0 spiro atoms. The second kappa shape index (κ2) is 3.48. The standard InChI is InChI=1S/C11H15NO/c1-12-10-6-8-4-2-3-5-9(8)7-11(10)13/h2-5,10-13H,6-7H2,1H3/t10-,11-/m0/s1. The van der Waals surface area contributed by atoms with Crippen LogP contribution in [0.15, 0.2) is 24.3 Å². The van der Waals surface area contributed by atoms with Crippen molar-refractivity contribution in [1.29, 1.82) is 0 Å². The molecule has 0 radical (unpaired) electrons. The predicted octanol–water partition coefficient (Wildman–Crippen LogP) is 0.734. The molecule has 0 amide bonds. The summed E-state index contributed by atoms with van der Waals surface area (Å²) < 4.78 is 0. The van der Waals surface area contributed by atoms with E-state index in [1.807, 2.05) is 13.1 Å². The first-order chi connectivity index (χ1) is 6.31. The summed E-state index contributed by atoms with van der Waals surface area (Å²) in [6, 6.07) is 8.56. The Bertz CT molecular complexity index is 298. The Morgan fingerprint density at radius 3 is 2.46 bits per heavy atom. The fourth-order valence-corrected chi connectivity index (χ4v) is 1.99. The summed E-state index contributed by atoms with van der Waals surface area (Å²) in [7, 11) is 1.90. The van der Waals surface area contributed by atoms with Crippen LogP contribution in [0.5, 0.6) is 0 Å². The van der Waals surface area contributed by atoms with Gasteiger partial charge in [0.2, 0.25) is 0 Å². The minimum absolute atomic E-state index is 0.218. The SMILES string of the molecule is CN[C@H]1Cc2ccccc2C[C@@H]1O. The third-order valence-electron chi connectivity index (χ3n) is 2.82. The molecule has 0 heterocycles. The van der Waals surface area contributed by atoms with E-state index >= 15 is 0 Å². The highest BCUT2D eigenvalue weighted by molar-refractivity contribution is 5.31. The van der Waals surface area contributed by atoms with E-state index in [2.05, 4.69) is 23.5 Å². The van der Waals surface area contributed by atoms with Crippen LogP contribution in [0.4, 0.5) is 0 Å². The molecule has 0 saturated carbocycles. The maximum Gasteiger partial charge on any atom is 0.0736 e. The van der Waals surface area contributed by atoms with Crippen molar-refractivity contribution in [3.8, 4) is 0 Å². The van der Waals surface area contributed by atoms with Crippen molar-refractivity contribution in [2.75, 3.05) is 7.05 Å². The van der Waals surface area contributed by atoms with Crippen LogP contribution < -0.4 is 5.32 Å². The summed E-state index contributed by atoms with van der Waals surface area (Å²) in [5.74, 6) is 0. The molecule has 13 heavy (non-hydrogen) atoms. The number of rotatable bonds is 1. The fourth-order valence-electron chi connectivity index (χ4n) is 1.99. The molecule has 2 N–H and O–H groups in total. The lowest BCUT2D eigenvalue weighted by Crippen LogP contribution is -2.43. The van der Waals surface area contributed by atoms with Crippen LogP contribution in [0.1, 0.15) is 11.1 Å². The Morgan fingerprint density at radius 2 is 1.85 bits per heavy atom. The van der Waals surface area contributed by atoms with Crippen molar-refractivity contribution in [1.82, 2.24) is 5.32 Å². The molecular formula is C11H15NO. The maximum absolute atomic E-state index is 9.75. The van der Waals surface area contributed by atoms with Crippen LogP contribution in [0, 0.1) is 0 Å². The van der Waals surface area contributed by atoms with E-state index in [0.717, 1.165) is 12.8 Å².